The van der Waals surface area contributed by atoms with Gasteiger partial charge in [0.05, 0.1) is 15.5 Å². The lowest BCUT2D eigenvalue weighted by atomic mass is 10.1. The highest BCUT2D eigenvalue weighted by Gasteiger charge is 2.29. The molecular formula is C20H15ClN4O4S. The monoisotopic (exact) mass is 442 g/mol. The molecule has 0 unspecified atom stereocenters. The largest absolute Gasteiger partial charge is 0.294 e. The van der Waals surface area contributed by atoms with Crippen LogP contribution in [0.2, 0.25) is 5.28 Å². The fourth-order valence-electron chi connectivity index (χ4n) is 3.40. The Morgan fingerprint density at radius 1 is 1.07 bits per heavy atom. The van der Waals surface area contributed by atoms with Gasteiger partial charge < -0.3 is 0 Å². The van der Waals surface area contributed by atoms with Gasteiger partial charge in [-0.05, 0) is 42.6 Å². The van der Waals surface area contributed by atoms with Gasteiger partial charge in [-0.3, -0.25) is 10.1 Å². The van der Waals surface area contributed by atoms with Gasteiger partial charge in [-0.2, -0.15) is 0 Å². The lowest BCUT2D eigenvalue weighted by Gasteiger charge is -2.10. The van der Waals surface area contributed by atoms with Crippen LogP contribution in [-0.2, 0) is 10.0 Å². The van der Waals surface area contributed by atoms with Gasteiger partial charge in [0.1, 0.15) is 5.52 Å². The van der Waals surface area contributed by atoms with Crippen molar-refractivity contribution in [3.63, 3.8) is 0 Å². The van der Waals surface area contributed by atoms with Crippen LogP contribution in [0.5, 0.6) is 0 Å². The second-order valence-corrected chi connectivity index (χ2v) is 8.83. The minimum Gasteiger partial charge on any atom is -0.258 e. The number of halogens is 1. The van der Waals surface area contributed by atoms with E-state index < -0.39 is 14.9 Å². The summed E-state index contributed by atoms with van der Waals surface area (Å²) in [6.07, 6.45) is 2.87. The number of benzene rings is 2. The van der Waals surface area contributed by atoms with Crippen LogP contribution >= 0.6 is 11.6 Å². The first-order chi connectivity index (χ1) is 14.2. The highest BCUT2D eigenvalue weighted by molar-refractivity contribution is 7.90. The van der Waals surface area contributed by atoms with E-state index in [1.54, 1.807) is 38.1 Å². The smallest absolute Gasteiger partial charge is 0.258 e. The van der Waals surface area contributed by atoms with Gasteiger partial charge in [0, 0.05) is 29.4 Å². The molecule has 0 spiro atoms. The van der Waals surface area contributed by atoms with Crippen molar-refractivity contribution in [1.82, 2.24) is 13.9 Å². The minimum absolute atomic E-state index is 0.0105. The molecule has 0 aliphatic carbocycles. The Bertz CT molecular complexity index is 1430. The maximum absolute atomic E-state index is 13.5. The summed E-state index contributed by atoms with van der Waals surface area (Å²) in [5.41, 5.74) is 1.63. The molecule has 10 heteroatoms. The van der Waals surface area contributed by atoms with Gasteiger partial charge in [0.25, 0.3) is 15.7 Å². The van der Waals surface area contributed by atoms with Gasteiger partial charge in [-0.1, -0.05) is 30.3 Å². The van der Waals surface area contributed by atoms with Crippen LogP contribution in [0.4, 0.5) is 5.69 Å². The van der Waals surface area contributed by atoms with E-state index in [0.717, 1.165) is 3.97 Å². The molecule has 0 atom stereocenters. The second kappa shape index (κ2) is 7.19. The molecule has 2 aromatic heterocycles. The fourth-order valence-corrected chi connectivity index (χ4v) is 5.15. The first kappa shape index (κ1) is 20.0. The molecule has 0 amide bonds. The van der Waals surface area contributed by atoms with E-state index >= 15 is 0 Å². The Morgan fingerprint density at radius 3 is 2.50 bits per heavy atom. The molecule has 4 rings (SSSR count). The van der Waals surface area contributed by atoms with Crippen molar-refractivity contribution < 1.29 is 13.3 Å². The first-order valence-electron chi connectivity index (χ1n) is 8.81. The van der Waals surface area contributed by atoms with Crippen molar-refractivity contribution in [3.8, 4) is 11.3 Å². The summed E-state index contributed by atoms with van der Waals surface area (Å²) in [7, 11) is -4.13. The third-order valence-electron chi connectivity index (χ3n) is 4.80. The van der Waals surface area contributed by atoms with Gasteiger partial charge >= 0.3 is 0 Å². The molecule has 152 valence electrons. The summed E-state index contributed by atoms with van der Waals surface area (Å²) >= 11 is 5.96. The zero-order chi connectivity index (χ0) is 21.6. The molecular weight excluding hydrogens is 428 g/mol. The second-order valence-electron chi connectivity index (χ2n) is 6.71. The number of para-hydroxylation sites is 1. The standard InChI is InChI=1S/C20H15ClN4O4S/c1-12-6-3-4-9-17(12)30(28,29)24-11-15(18-13(2)10-22-20(21)23-18)14-7-5-8-16(19(14)24)25(26)27/h3-11H,1-2H3. The molecule has 4 aromatic rings. The SMILES string of the molecule is Cc1ccccc1S(=O)(=O)n1cc(-c2nc(Cl)ncc2C)c2cccc([N+](=O)[O-])c21. The predicted octanol–water partition coefficient (Wildman–Crippen LogP) is 4.51. The molecule has 0 bridgehead atoms. The number of rotatable bonds is 4. The molecule has 0 radical (unpaired) electrons. The third kappa shape index (κ3) is 3.12. The van der Waals surface area contributed by atoms with E-state index in [4.69, 9.17) is 11.6 Å². The number of fused-ring (bicyclic) bond motifs is 1. The van der Waals surface area contributed by atoms with Crippen molar-refractivity contribution in [2.45, 2.75) is 18.7 Å². The van der Waals surface area contributed by atoms with Crippen LogP contribution in [0, 0.1) is 24.0 Å². The number of nitrogens with zero attached hydrogens (tertiary/aromatic N) is 4. The highest BCUT2D eigenvalue weighted by atomic mass is 35.5. The predicted molar refractivity (Wildman–Crippen MR) is 113 cm³/mol. The average Bonchev–Trinajstić information content (AvgIpc) is 3.10. The number of non-ortho nitro benzene ring substituents is 1. The van der Waals surface area contributed by atoms with E-state index in [1.807, 2.05) is 0 Å². The van der Waals surface area contributed by atoms with E-state index in [9.17, 15) is 18.5 Å². The van der Waals surface area contributed by atoms with Crippen molar-refractivity contribution in [3.05, 3.63) is 81.4 Å². The van der Waals surface area contributed by atoms with Crippen LogP contribution in [0.15, 0.2) is 59.8 Å². The number of hydrogen-bond acceptors (Lipinski definition) is 6. The molecule has 0 N–H and O–H groups in total. The van der Waals surface area contributed by atoms with E-state index in [0.29, 0.717) is 27.8 Å². The van der Waals surface area contributed by atoms with Gasteiger partial charge in [0.2, 0.25) is 5.28 Å². The zero-order valence-corrected chi connectivity index (χ0v) is 17.5. The van der Waals surface area contributed by atoms with E-state index in [-0.39, 0.29) is 21.4 Å². The lowest BCUT2D eigenvalue weighted by Crippen LogP contribution is -2.13. The lowest BCUT2D eigenvalue weighted by molar-refractivity contribution is -0.383. The summed E-state index contributed by atoms with van der Waals surface area (Å²) in [4.78, 5) is 19.3. The molecule has 8 nitrogen and oxygen atoms in total. The highest BCUT2D eigenvalue weighted by Crippen LogP contribution is 2.38. The molecule has 30 heavy (non-hydrogen) atoms. The average molecular weight is 443 g/mol. The topological polar surface area (TPSA) is 108 Å². The Morgan fingerprint density at radius 2 is 1.80 bits per heavy atom. The molecule has 0 saturated heterocycles. The number of nitro groups is 1. The molecule has 0 aliphatic heterocycles. The summed E-state index contributed by atoms with van der Waals surface area (Å²) < 4.78 is 28.0. The molecule has 0 fully saturated rings. The zero-order valence-electron chi connectivity index (χ0n) is 15.9. The Kier molecular flexibility index (Phi) is 4.79. The molecule has 0 aliphatic rings. The number of hydrogen-bond donors (Lipinski definition) is 0. The van der Waals surface area contributed by atoms with Crippen molar-refractivity contribution >= 4 is 38.2 Å². The Balaban J connectivity index is 2.15. The number of aryl methyl sites for hydroxylation is 2. The normalized spacial score (nSPS) is 11.7. The maximum atomic E-state index is 13.5. The third-order valence-corrected chi connectivity index (χ3v) is 6.80. The van der Waals surface area contributed by atoms with Crippen LogP contribution in [0.3, 0.4) is 0 Å². The van der Waals surface area contributed by atoms with Crippen LogP contribution < -0.4 is 0 Å². The van der Waals surface area contributed by atoms with Crippen LogP contribution in [0.25, 0.3) is 22.2 Å². The summed E-state index contributed by atoms with van der Waals surface area (Å²) in [6.45, 7) is 3.42. The Hall–Kier alpha value is -3.30. The van der Waals surface area contributed by atoms with Crippen molar-refractivity contribution in [2.75, 3.05) is 0 Å². The molecule has 2 heterocycles. The maximum Gasteiger partial charge on any atom is 0.294 e. The van der Waals surface area contributed by atoms with Gasteiger partial charge in [-0.25, -0.2) is 22.4 Å². The first-order valence-corrected chi connectivity index (χ1v) is 10.6. The Labute approximate surface area is 177 Å². The van der Waals surface area contributed by atoms with Gasteiger partial charge in [-0.15, -0.1) is 0 Å². The van der Waals surface area contributed by atoms with Crippen molar-refractivity contribution in [1.29, 1.82) is 0 Å². The minimum atomic E-state index is -4.13. The number of aromatic nitrogens is 3. The van der Waals surface area contributed by atoms with E-state index in [2.05, 4.69) is 9.97 Å². The molecule has 2 aromatic carbocycles. The quantitative estimate of drug-likeness (QED) is 0.261. The van der Waals surface area contributed by atoms with Crippen LogP contribution in [-0.4, -0.2) is 27.3 Å². The van der Waals surface area contributed by atoms with Crippen molar-refractivity contribution in [2.24, 2.45) is 0 Å². The van der Waals surface area contributed by atoms with Crippen LogP contribution in [0.1, 0.15) is 11.1 Å². The number of nitro benzene ring substituents is 1. The fraction of sp³-hybridized carbons (Fsp3) is 0.100. The van der Waals surface area contributed by atoms with Gasteiger partial charge in [0.15, 0.2) is 0 Å². The summed E-state index contributed by atoms with van der Waals surface area (Å²) in [5, 5.41) is 12.1. The van der Waals surface area contributed by atoms with E-state index in [1.165, 1.54) is 30.6 Å². The molecule has 0 saturated carbocycles. The summed E-state index contributed by atoms with van der Waals surface area (Å²) in [6, 6.07) is 10.9. The summed E-state index contributed by atoms with van der Waals surface area (Å²) in [5.74, 6) is 0.